The lowest BCUT2D eigenvalue weighted by Crippen LogP contribution is -2.38. The monoisotopic (exact) mass is 269 g/mol. The van der Waals surface area contributed by atoms with Crippen LogP contribution in [0.25, 0.3) is 0 Å². The van der Waals surface area contributed by atoms with Crippen molar-refractivity contribution in [2.45, 2.75) is 37.9 Å². The molecule has 6 heteroatoms. The van der Waals surface area contributed by atoms with Crippen LogP contribution >= 0.6 is 0 Å². The van der Waals surface area contributed by atoms with Gasteiger partial charge < -0.3 is 5.73 Å². The predicted molar refractivity (Wildman–Crippen MR) is 72.8 cm³/mol. The summed E-state index contributed by atoms with van der Waals surface area (Å²) < 4.78 is 26.4. The summed E-state index contributed by atoms with van der Waals surface area (Å²) in [5.41, 5.74) is 6.10. The molecule has 1 heterocycles. The van der Waals surface area contributed by atoms with Gasteiger partial charge in [-0.3, -0.25) is 4.31 Å². The molecule has 0 amide bonds. The first-order chi connectivity index (χ1) is 8.55. The molecule has 0 atom stereocenters. The van der Waals surface area contributed by atoms with Crippen LogP contribution < -0.4 is 10.0 Å². The first-order valence-electron chi connectivity index (χ1n) is 6.28. The average Bonchev–Trinajstić information content (AvgIpc) is 2.86. The van der Waals surface area contributed by atoms with Crippen molar-refractivity contribution in [3.8, 4) is 0 Å². The first kappa shape index (κ1) is 13.1. The van der Waals surface area contributed by atoms with Crippen molar-refractivity contribution in [3.63, 3.8) is 0 Å². The zero-order chi connectivity index (χ0) is 13.2. The van der Waals surface area contributed by atoms with Crippen LogP contribution in [0.1, 0.15) is 32.6 Å². The van der Waals surface area contributed by atoms with Crippen LogP contribution in [0.2, 0.25) is 0 Å². The normalized spacial score (nSPS) is 16.9. The summed E-state index contributed by atoms with van der Waals surface area (Å²) in [5, 5.41) is -0.253. The van der Waals surface area contributed by atoms with Gasteiger partial charge in [0.05, 0.1) is 17.1 Å². The van der Waals surface area contributed by atoms with Crippen molar-refractivity contribution in [1.29, 1.82) is 0 Å². The fourth-order valence-electron chi connectivity index (χ4n) is 2.38. The lowest BCUT2D eigenvalue weighted by atomic mass is 10.4. The third kappa shape index (κ3) is 2.43. The number of hydrogen-bond donors (Lipinski definition) is 1. The lowest BCUT2D eigenvalue weighted by Gasteiger charge is -2.25. The highest BCUT2D eigenvalue weighted by atomic mass is 32.2. The van der Waals surface area contributed by atoms with E-state index in [0.717, 1.165) is 25.7 Å². The molecule has 1 aliphatic carbocycles. The number of anilines is 2. The van der Waals surface area contributed by atoms with Crippen molar-refractivity contribution in [3.05, 3.63) is 18.3 Å². The SMILES string of the molecule is CCN(c1ccc(N)cn1)S(=O)(=O)C1CCCC1. The summed E-state index contributed by atoms with van der Waals surface area (Å²) in [7, 11) is -3.29. The molecule has 0 saturated heterocycles. The van der Waals surface area contributed by atoms with E-state index in [9.17, 15) is 8.42 Å². The number of nitrogens with two attached hydrogens (primary N) is 1. The third-order valence-corrected chi connectivity index (χ3v) is 5.72. The summed E-state index contributed by atoms with van der Waals surface area (Å²) in [6, 6.07) is 3.33. The van der Waals surface area contributed by atoms with Gasteiger partial charge in [0.2, 0.25) is 10.0 Å². The summed E-state index contributed by atoms with van der Waals surface area (Å²) in [6.07, 6.45) is 5.00. The smallest absolute Gasteiger partial charge is 0.239 e. The Labute approximate surface area is 108 Å². The van der Waals surface area contributed by atoms with Gasteiger partial charge in [-0.15, -0.1) is 0 Å². The van der Waals surface area contributed by atoms with Crippen molar-refractivity contribution >= 4 is 21.5 Å². The van der Waals surface area contributed by atoms with Crippen molar-refractivity contribution in [2.75, 3.05) is 16.6 Å². The van der Waals surface area contributed by atoms with Gasteiger partial charge in [0.1, 0.15) is 5.82 Å². The molecule has 0 radical (unpaired) electrons. The zero-order valence-electron chi connectivity index (χ0n) is 10.5. The molecule has 0 aromatic carbocycles. The minimum absolute atomic E-state index is 0.253. The lowest BCUT2D eigenvalue weighted by molar-refractivity contribution is 0.575. The Bertz CT molecular complexity index is 493. The van der Waals surface area contributed by atoms with E-state index in [1.165, 1.54) is 10.5 Å². The van der Waals surface area contributed by atoms with E-state index >= 15 is 0 Å². The number of nitrogens with zero attached hydrogens (tertiary/aromatic N) is 2. The molecule has 18 heavy (non-hydrogen) atoms. The van der Waals surface area contributed by atoms with E-state index in [1.807, 2.05) is 6.92 Å². The molecule has 100 valence electrons. The second kappa shape index (κ2) is 5.14. The number of sulfonamides is 1. The van der Waals surface area contributed by atoms with Crippen LogP contribution in [0.3, 0.4) is 0 Å². The van der Waals surface area contributed by atoms with E-state index in [2.05, 4.69) is 4.98 Å². The van der Waals surface area contributed by atoms with E-state index < -0.39 is 10.0 Å². The quantitative estimate of drug-likeness (QED) is 0.903. The van der Waals surface area contributed by atoms with Crippen molar-refractivity contribution in [1.82, 2.24) is 4.98 Å². The molecule has 1 aromatic rings. The van der Waals surface area contributed by atoms with Gasteiger partial charge in [0, 0.05) is 6.54 Å². The van der Waals surface area contributed by atoms with E-state index in [-0.39, 0.29) is 5.25 Å². The van der Waals surface area contributed by atoms with Gasteiger partial charge >= 0.3 is 0 Å². The van der Waals surface area contributed by atoms with Gasteiger partial charge in [0.25, 0.3) is 0 Å². The van der Waals surface area contributed by atoms with Gasteiger partial charge in [0.15, 0.2) is 0 Å². The summed E-state index contributed by atoms with van der Waals surface area (Å²) in [5.74, 6) is 0.457. The summed E-state index contributed by atoms with van der Waals surface area (Å²) >= 11 is 0. The summed E-state index contributed by atoms with van der Waals surface area (Å²) in [4.78, 5) is 4.11. The molecule has 1 fully saturated rings. The maximum absolute atomic E-state index is 12.5. The van der Waals surface area contributed by atoms with Crippen LogP contribution in [0.5, 0.6) is 0 Å². The van der Waals surface area contributed by atoms with Crippen LogP contribution in [-0.2, 0) is 10.0 Å². The number of nitrogen functional groups attached to an aromatic ring is 1. The molecule has 0 spiro atoms. The van der Waals surface area contributed by atoms with E-state index in [1.54, 1.807) is 12.1 Å². The highest BCUT2D eigenvalue weighted by Gasteiger charge is 2.34. The van der Waals surface area contributed by atoms with Gasteiger partial charge in [-0.25, -0.2) is 13.4 Å². The molecule has 0 bridgehead atoms. The molecule has 2 rings (SSSR count). The number of pyridine rings is 1. The Morgan fingerprint density at radius 1 is 1.39 bits per heavy atom. The Kier molecular flexibility index (Phi) is 3.75. The maximum Gasteiger partial charge on any atom is 0.239 e. The first-order valence-corrected chi connectivity index (χ1v) is 7.79. The molecule has 2 N–H and O–H groups in total. The largest absolute Gasteiger partial charge is 0.397 e. The second-order valence-electron chi connectivity index (χ2n) is 4.57. The fraction of sp³-hybridized carbons (Fsp3) is 0.583. The molecule has 0 aliphatic heterocycles. The van der Waals surface area contributed by atoms with E-state index in [4.69, 9.17) is 5.73 Å². The van der Waals surface area contributed by atoms with Gasteiger partial charge in [-0.05, 0) is 31.9 Å². The number of hydrogen-bond acceptors (Lipinski definition) is 4. The van der Waals surface area contributed by atoms with Gasteiger partial charge in [-0.2, -0.15) is 0 Å². The Morgan fingerprint density at radius 2 is 2.06 bits per heavy atom. The minimum Gasteiger partial charge on any atom is -0.397 e. The van der Waals surface area contributed by atoms with Crippen LogP contribution in [-0.4, -0.2) is 25.2 Å². The molecule has 0 unspecified atom stereocenters. The second-order valence-corrected chi connectivity index (χ2v) is 6.70. The molecular weight excluding hydrogens is 250 g/mol. The van der Waals surface area contributed by atoms with Crippen molar-refractivity contribution < 1.29 is 8.42 Å². The Hall–Kier alpha value is -1.30. The third-order valence-electron chi connectivity index (χ3n) is 3.34. The summed E-state index contributed by atoms with van der Waals surface area (Å²) in [6.45, 7) is 2.22. The van der Waals surface area contributed by atoms with Gasteiger partial charge in [-0.1, -0.05) is 12.8 Å². The number of rotatable bonds is 4. The molecule has 1 saturated carbocycles. The van der Waals surface area contributed by atoms with Crippen LogP contribution in [0.4, 0.5) is 11.5 Å². The Balaban J connectivity index is 2.30. The topological polar surface area (TPSA) is 76.3 Å². The molecule has 1 aromatic heterocycles. The fourth-order valence-corrected chi connectivity index (χ4v) is 4.40. The van der Waals surface area contributed by atoms with Crippen LogP contribution in [0.15, 0.2) is 18.3 Å². The number of aromatic nitrogens is 1. The minimum atomic E-state index is -3.29. The average molecular weight is 269 g/mol. The highest BCUT2D eigenvalue weighted by Crippen LogP contribution is 2.29. The van der Waals surface area contributed by atoms with Crippen LogP contribution in [0, 0.1) is 0 Å². The standard InChI is InChI=1S/C12H19N3O2S/c1-2-15(12-8-7-10(13)9-14-12)18(16,17)11-5-3-4-6-11/h7-9,11H,2-6,13H2,1H3. The van der Waals surface area contributed by atoms with Crippen molar-refractivity contribution in [2.24, 2.45) is 0 Å². The predicted octanol–water partition coefficient (Wildman–Crippen LogP) is 1.76. The molecule has 1 aliphatic rings. The van der Waals surface area contributed by atoms with E-state index in [0.29, 0.717) is 18.1 Å². The maximum atomic E-state index is 12.5. The molecule has 5 nitrogen and oxygen atoms in total. The highest BCUT2D eigenvalue weighted by molar-refractivity contribution is 7.93. The zero-order valence-corrected chi connectivity index (χ0v) is 11.4. The Morgan fingerprint density at radius 3 is 2.56 bits per heavy atom. The molecular formula is C12H19N3O2S.